The molecule has 3 rings (SSSR count). The fraction of sp³-hybridized carbons (Fsp3) is 0.571. The largest absolute Gasteiger partial charge is 0.381 e. The molecule has 1 aromatic rings. The van der Waals surface area contributed by atoms with E-state index < -0.39 is 0 Å². The Labute approximate surface area is 107 Å². The highest BCUT2D eigenvalue weighted by Gasteiger charge is 2.27. The van der Waals surface area contributed by atoms with Crippen molar-refractivity contribution < 1.29 is 9.13 Å². The van der Waals surface area contributed by atoms with E-state index in [2.05, 4.69) is 4.90 Å². The molecule has 1 aromatic carbocycles. The summed E-state index contributed by atoms with van der Waals surface area (Å²) >= 11 is 0. The first-order valence-electron chi connectivity index (χ1n) is 6.61. The molecule has 0 spiro atoms. The third-order valence-corrected chi connectivity index (χ3v) is 4.03. The van der Waals surface area contributed by atoms with Gasteiger partial charge in [0.1, 0.15) is 5.82 Å². The molecule has 3 nitrogen and oxygen atoms in total. The van der Waals surface area contributed by atoms with Gasteiger partial charge in [0.15, 0.2) is 0 Å². The van der Waals surface area contributed by atoms with Gasteiger partial charge in [0.2, 0.25) is 0 Å². The van der Waals surface area contributed by atoms with E-state index in [0.717, 1.165) is 44.8 Å². The molecular formula is C14H19FN2O. The third kappa shape index (κ3) is 2.22. The van der Waals surface area contributed by atoms with Gasteiger partial charge in [-0.15, -0.1) is 0 Å². The highest BCUT2D eigenvalue weighted by Crippen LogP contribution is 2.30. The first-order valence-corrected chi connectivity index (χ1v) is 6.61. The van der Waals surface area contributed by atoms with Crippen LogP contribution in [0.5, 0.6) is 0 Å². The number of nitrogens with zero attached hydrogens (tertiary/aromatic N) is 1. The second-order valence-electron chi connectivity index (χ2n) is 5.26. The lowest BCUT2D eigenvalue weighted by Crippen LogP contribution is -2.45. The normalized spacial score (nSPS) is 27.3. The molecule has 2 heterocycles. The molecule has 0 aromatic heterocycles. The van der Waals surface area contributed by atoms with E-state index in [1.54, 1.807) is 6.07 Å². The van der Waals surface area contributed by atoms with Crippen molar-refractivity contribution in [3.8, 4) is 0 Å². The summed E-state index contributed by atoms with van der Waals surface area (Å²) in [6.45, 7) is 3.32. The maximum atomic E-state index is 13.3. The fourth-order valence-electron chi connectivity index (χ4n) is 2.89. The monoisotopic (exact) mass is 250 g/mol. The highest BCUT2D eigenvalue weighted by atomic mass is 19.1. The number of ether oxygens (including phenoxy) is 1. The zero-order valence-electron chi connectivity index (χ0n) is 10.4. The Morgan fingerprint density at radius 2 is 2.33 bits per heavy atom. The Kier molecular flexibility index (Phi) is 3.22. The quantitative estimate of drug-likeness (QED) is 0.865. The van der Waals surface area contributed by atoms with Crippen LogP contribution in [0, 0.1) is 11.7 Å². The predicted molar refractivity (Wildman–Crippen MR) is 69.2 cm³/mol. The van der Waals surface area contributed by atoms with Crippen LogP contribution >= 0.6 is 0 Å². The van der Waals surface area contributed by atoms with Crippen molar-refractivity contribution in [2.24, 2.45) is 11.7 Å². The van der Waals surface area contributed by atoms with Crippen LogP contribution in [-0.4, -0.2) is 32.3 Å². The molecule has 2 aliphatic heterocycles. The van der Waals surface area contributed by atoms with Crippen molar-refractivity contribution in [1.82, 2.24) is 0 Å². The van der Waals surface area contributed by atoms with E-state index in [0.29, 0.717) is 5.92 Å². The van der Waals surface area contributed by atoms with Crippen molar-refractivity contribution in [1.29, 1.82) is 0 Å². The molecule has 98 valence electrons. The van der Waals surface area contributed by atoms with E-state index in [4.69, 9.17) is 10.5 Å². The summed E-state index contributed by atoms with van der Waals surface area (Å²) in [5.74, 6) is 0.192. The Morgan fingerprint density at radius 3 is 3.17 bits per heavy atom. The number of halogens is 1. The highest BCUT2D eigenvalue weighted by molar-refractivity contribution is 5.58. The average molecular weight is 250 g/mol. The van der Waals surface area contributed by atoms with Crippen LogP contribution in [-0.2, 0) is 11.2 Å². The fourth-order valence-corrected chi connectivity index (χ4v) is 2.89. The molecule has 1 fully saturated rings. The van der Waals surface area contributed by atoms with Gasteiger partial charge in [-0.2, -0.15) is 0 Å². The lowest BCUT2D eigenvalue weighted by Gasteiger charge is -2.33. The average Bonchev–Trinajstić information content (AvgIpc) is 2.75. The Bertz CT molecular complexity index is 438. The van der Waals surface area contributed by atoms with Crippen LogP contribution in [0.15, 0.2) is 18.2 Å². The molecular weight excluding hydrogens is 231 g/mol. The first kappa shape index (κ1) is 11.9. The minimum absolute atomic E-state index is 0.162. The molecule has 2 unspecified atom stereocenters. The molecule has 0 saturated carbocycles. The van der Waals surface area contributed by atoms with Crippen LogP contribution in [0.2, 0.25) is 0 Å². The molecule has 0 bridgehead atoms. The minimum Gasteiger partial charge on any atom is -0.381 e. The summed E-state index contributed by atoms with van der Waals surface area (Å²) < 4.78 is 18.8. The zero-order valence-corrected chi connectivity index (χ0v) is 10.4. The molecule has 2 N–H and O–H groups in total. The molecule has 4 heteroatoms. The van der Waals surface area contributed by atoms with Crippen molar-refractivity contribution in [3.63, 3.8) is 0 Å². The molecule has 1 saturated heterocycles. The van der Waals surface area contributed by atoms with Gasteiger partial charge < -0.3 is 15.4 Å². The Morgan fingerprint density at radius 1 is 1.44 bits per heavy atom. The van der Waals surface area contributed by atoms with Crippen molar-refractivity contribution in [2.75, 3.05) is 31.2 Å². The number of fused-ring (bicyclic) bond motifs is 1. The predicted octanol–water partition coefficient (Wildman–Crippen LogP) is 1.55. The van der Waals surface area contributed by atoms with E-state index in [-0.39, 0.29) is 11.9 Å². The minimum atomic E-state index is -0.162. The maximum Gasteiger partial charge on any atom is 0.125 e. The number of benzene rings is 1. The van der Waals surface area contributed by atoms with Gasteiger partial charge in [0, 0.05) is 37.3 Å². The molecule has 0 radical (unpaired) electrons. The molecule has 2 aliphatic rings. The molecule has 18 heavy (non-hydrogen) atoms. The lowest BCUT2D eigenvalue weighted by atomic mass is 9.96. The lowest BCUT2D eigenvalue weighted by molar-refractivity contribution is 0.0448. The molecule has 0 aliphatic carbocycles. The van der Waals surface area contributed by atoms with Gasteiger partial charge in [0.25, 0.3) is 0 Å². The smallest absolute Gasteiger partial charge is 0.125 e. The number of hydrogen-bond acceptors (Lipinski definition) is 3. The van der Waals surface area contributed by atoms with Crippen LogP contribution in [0.3, 0.4) is 0 Å². The number of anilines is 1. The van der Waals surface area contributed by atoms with Gasteiger partial charge in [-0.05, 0) is 30.5 Å². The zero-order chi connectivity index (χ0) is 12.5. The number of rotatable bonds is 2. The van der Waals surface area contributed by atoms with Gasteiger partial charge in [-0.25, -0.2) is 4.39 Å². The third-order valence-electron chi connectivity index (χ3n) is 4.03. The Hall–Kier alpha value is -1.13. The van der Waals surface area contributed by atoms with Crippen LogP contribution in [0.25, 0.3) is 0 Å². The van der Waals surface area contributed by atoms with Crippen molar-refractivity contribution in [2.45, 2.75) is 18.9 Å². The van der Waals surface area contributed by atoms with Crippen molar-refractivity contribution >= 4 is 5.69 Å². The molecule has 2 atom stereocenters. The van der Waals surface area contributed by atoms with Crippen molar-refractivity contribution in [3.05, 3.63) is 29.6 Å². The summed E-state index contributed by atoms with van der Waals surface area (Å²) in [6.07, 6.45) is 1.92. The molecule has 0 amide bonds. The van der Waals surface area contributed by atoms with Gasteiger partial charge in [0.05, 0.1) is 6.61 Å². The summed E-state index contributed by atoms with van der Waals surface area (Å²) in [5, 5.41) is 0. The number of nitrogens with two attached hydrogens (primary N) is 1. The second-order valence-corrected chi connectivity index (χ2v) is 5.26. The standard InChI is InChI=1S/C14H19FN2O/c15-12-2-1-10-3-5-17(14(10)7-12)8-11-9-18-6-4-13(11)16/h1-2,7,11,13H,3-6,8-9,16H2. The summed E-state index contributed by atoms with van der Waals surface area (Å²) in [7, 11) is 0. The van der Waals surface area contributed by atoms with E-state index >= 15 is 0 Å². The van der Waals surface area contributed by atoms with Crippen LogP contribution in [0.4, 0.5) is 10.1 Å². The first-order chi connectivity index (χ1) is 8.74. The van der Waals surface area contributed by atoms with E-state index in [9.17, 15) is 4.39 Å². The Balaban J connectivity index is 1.74. The summed E-state index contributed by atoms with van der Waals surface area (Å²) in [4.78, 5) is 2.25. The topological polar surface area (TPSA) is 38.5 Å². The maximum absolute atomic E-state index is 13.3. The van der Waals surface area contributed by atoms with Crippen LogP contribution < -0.4 is 10.6 Å². The summed E-state index contributed by atoms with van der Waals surface area (Å²) in [5.41, 5.74) is 8.40. The van der Waals surface area contributed by atoms with Gasteiger partial charge in [-0.3, -0.25) is 0 Å². The van der Waals surface area contributed by atoms with E-state index in [1.807, 2.05) is 6.07 Å². The SMILES string of the molecule is NC1CCOCC1CN1CCc2ccc(F)cc21. The van der Waals surface area contributed by atoms with Gasteiger partial charge >= 0.3 is 0 Å². The van der Waals surface area contributed by atoms with Crippen LogP contribution in [0.1, 0.15) is 12.0 Å². The van der Waals surface area contributed by atoms with Gasteiger partial charge in [-0.1, -0.05) is 6.07 Å². The second kappa shape index (κ2) is 4.86. The summed E-state index contributed by atoms with van der Waals surface area (Å²) in [6, 6.07) is 5.27. The van der Waals surface area contributed by atoms with E-state index in [1.165, 1.54) is 11.6 Å². The number of hydrogen-bond donors (Lipinski definition) is 1.